The van der Waals surface area contributed by atoms with Gasteiger partial charge in [-0.3, -0.25) is 4.79 Å². The number of nitrogens with zero attached hydrogens (tertiary/aromatic N) is 4. The van der Waals surface area contributed by atoms with Gasteiger partial charge in [0.15, 0.2) is 5.82 Å². The van der Waals surface area contributed by atoms with Gasteiger partial charge in [-0.25, -0.2) is 4.98 Å². The summed E-state index contributed by atoms with van der Waals surface area (Å²) >= 11 is 0. The number of aromatic nitrogens is 3. The van der Waals surface area contributed by atoms with Crippen molar-refractivity contribution in [1.82, 2.24) is 20.4 Å². The maximum atomic E-state index is 12.1. The highest BCUT2D eigenvalue weighted by Gasteiger charge is 2.28. The molecule has 1 fully saturated rings. The van der Waals surface area contributed by atoms with Crippen molar-refractivity contribution in [2.45, 2.75) is 38.6 Å². The number of carbonyl (C=O) groups is 1. The highest BCUT2D eigenvalue weighted by atomic mass is 16.5. The number of benzene rings is 1. The molecule has 7 heteroatoms. The first-order valence-corrected chi connectivity index (χ1v) is 10.1. The molecule has 1 atom stereocenters. The Kier molecular flexibility index (Phi) is 5.84. The Morgan fingerprint density at radius 1 is 1.17 bits per heavy atom. The van der Waals surface area contributed by atoms with Gasteiger partial charge in [0.25, 0.3) is 5.89 Å². The van der Waals surface area contributed by atoms with Crippen LogP contribution >= 0.6 is 0 Å². The van der Waals surface area contributed by atoms with E-state index in [0.717, 1.165) is 43.6 Å². The van der Waals surface area contributed by atoms with Crippen molar-refractivity contribution in [3.05, 3.63) is 60.0 Å². The molecule has 1 N–H and O–H groups in total. The maximum absolute atomic E-state index is 12.1. The number of hydrogen-bond acceptors (Lipinski definition) is 6. The molecule has 1 aliphatic rings. The normalized spacial score (nSPS) is 16.7. The first-order chi connectivity index (χ1) is 14.2. The molecular weight excluding hydrogens is 366 g/mol. The van der Waals surface area contributed by atoms with E-state index in [2.05, 4.69) is 44.7 Å². The second-order valence-electron chi connectivity index (χ2n) is 7.17. The quantitative estimate of drug-likeness (QED) is 0.666. The van der Waals surface area contributed by atoms with Crippen LogP contribution in [0.25, 0.3) is 11.5 Å². The molecule has 1 amide bonds. The van der Waals surface area contributed by atoms with Crippen molar-refractivity contribution in [3.8, 4) is 11.5 Å². The monoisotopic (exact) mass is 391 g/mol. The topological polar surface area (TPSA) is 84.2 Å². The van der Waals surface area contributed by atoms with Crippen LogP contribution in [-0.4, -0.2) is 40.2 Å². The highest BCUT2D eigenvalue weighted by molar-refractivity contribution is 5.86. The standard InChI is InChI=1S/C22H25N5O2/c1-2-18-21(28)23-13-14-27(18)20-12-11-17(15-24-20)22-25-19(26-29-22)10-6-9-16-7-4-3-5-8-16/h3-5,7-8,11-12,15,18H,2,6,9-10,13-14H2,1H3,(H,23,28). The molecule has 1 unspecified atom stereocenters. The summed E-state index contributed by atoms with van der Waals surface area (Å²) in [6, 6.07) is 14.0. The number of aryl methyl sites for hydroxylation is 2. The summed E-state index contributed by atoms with van der Waals surface area (Å²) in [5, 5.41) is 7.00. The minimum atomic E-state index is -0.179. The molecule has 29 heavy (non-hydrogen) atoms. The van der Waals surface area contributed by atoms with Gasteiger partial charge in [0, 0.05) is 25.7 Å². The molecule has 0 aliphatic carbocycles. The SMILES string of the molecule is CCC1C(=O)NCCN1c1ccc(-c2nc(CCCc3ccccc3)no2)cn1. The Hall–Kier alpha value is -3.22. The lowest BCUT2D eigenvalue weighted by Crippen LogP contribution is -2.55. The molecule has 1 aromatic carbocycles. The Morgan fingerprint density at radius 2 is 2.03 bits per heavy atom. The number of amides is 1. The second-order valence-corrected chi connectivity index (χ2v) is 7.17. The third kappa shape index (κ3) is 4.45. The molecule has 0 saturated carbocycles. The summed E-state index contributed by atoms with van der Waals surface area (Å²) < 4.78 is 5.42. The molecule has 1 aliphatic heterocycles. The molecule has 3 heterocycles. The molecular formula is C22H25N5O2. The Bertz CT molecular complexity index is 939. The van der Waals surface area contributed by atoms with Gasteiger partial charge in [0.1, 0.15) is 11.9 Å². The molecule has 7 nitrogen and oxygen atoms in total. The molecule has 2 aromatic heterocycles. The van der Waals surface area contributed by atoms with Crippen LogP contribution in [0.2, 0.25) is 0 Å². The summed E-state index contributed by atoms with van der Waals surface area (Å²) in [7, 11) is 0. The minimum Gasteiger partial charge on any atom is -0.353 e. The van der Waals surface area contributed by atoms with Crippen LogP contribution < -0.4 is 10.2 Å². The van der Waals surface area contributed by atoms with E-state index in [9.17, 15) is 4.79 Å². The van der Waals surface area contributed by atoms with E-state index in [4.69, 9.17) is 4.52 Å². The zero-order valence-corrected chi connectivity index (χ0v) is 16.5. The first kappa shape index (κ1) is 19.1. The summed E-state index contributed by atoms with van der Waals surface area (Å²) in [6.45, 7) is 3.40. The molecule has 0 bridgehead atoms. The average molecular weight is 391 g/mol. The average Bonchev–Trinajstić information content (AvgIpc) is 3.23. The van der Waals surface area contributed by atoms with E-state index in [1.807, 2.05) is 30.0 Å². The van der Waals surface area contributed by atoms with Crippen LogP contribution in [0.1, 0.15) is 31.2 Å². The van der Waals surface area contributed by atoms with Gasteiger partial charge in [-0.05, 0) is 37.0 Å². The molecule has 4 rings (SSSR count). The van der Waals surface area contributed by atoms with E-state index >= 15 is 0 Å². The van der Waals surface area contributed by atoms with Crippen LogP contribution in [0.15, 0.2) is 53.2 Å². The maximum Gasteiger partial charge on any atom is 0.259 e. The van der Waals surface area contributed by atoms with Gasteiger partial charge in [0.05, 0.1) is 5.56 Å². The smallest absolute Gasteiger partial charge is 0.259 e. The molecule has 150 valence electrons. The molecule has 1 saturated heterocycles. The number of carbonyl (C=O) groups excluding carboxylic acids is 1. The largest absolute Gasteiger partial charge is 0.353 e. The fourth-order valence-corrected chi connectivity index (χ4v) is 3.65. The fraction of sp³-hybridized carbons (Fsp3) is 0.364. The lowest BCUT2D eigenvalue weighted by Gasteiger charge is -2.35. The van der Waals surface area contributed by atoms with Gasteiger partial charge in [-0.2, -0.15) is 4.98 Å². The zero-order valence-electron chi connectivity index (χ0n) is 16.5. The number of piperazine rings is 1. The van der Waals surface area contributed by atoms with Crippen LogP contribution in [0.4, 0.5) is 5.82 Å². The highest BCUT2D eigenvalue weighted by Crippen LogP contribution is 2.22. The van der Waals surface area contributed by atoms with Gasteiger partial charge in [0.2, 0.25) is 5.91 Å². The van der Waals surface area contributed by atoms with Gasteiger partial charge in [-0.15, -0.1) is 0 Å². The van der Waals surface area contributed by atoms with Gasteiger partial charge >= 0.3 is 0 Å². The number of nitrogens with one attached hydrogen (secondary N) is 1. The number of rotatable bonds is 7. The van der Waals surface area contributed by atoms with Crippen LogP contribution in [-0.2, 0) is 17.6 Å². The van der Waals surface area contributed by atoms with Gasteiger partial charge in [-0.1, -0.05) is 42.4 Å². The Morgan fingerprint density at radius 3 is 2.79 bits per heavy atom. The van der Waals surface area contributed by atoms with E-state index in [-0.39, 0.29) is 11.9 Å². The number of anilines is 1. The van der Waals surface area contributed by atoms with Crippen molar-refractivity contribution >= 4 is 11.7 Å². The van der Waals surface area contributed by atoms with E-state index in [1.54, 1.807) is 6.20 Å². The zero-order chi connectivity index (χ0) is 20.1. The van der Waals surface area contributed by atoms with E-state index in [0.29, 0.717) is 18.3 Å². The van der Waals surface area contributed by atoms with Gasteiger partial charge < -0.3 is 14.7 Å². The summed E-state index contributed by atoms with van der Waals surface area (Å²) in [5.41, 5.74) is 2.10. The third-order valence-electron chi connectivity index (χ3n) is 5.18. The number of pyridine rings is 1. The second kappa shape index (κ2) is 8.86. The van der Waals surface area contributed by atoms with Crippen molar-refractivity contribution < 1.29 is 9.32 Å². The van der Waals surface area contributed by atoms with E-state index in [1.165, 1.54) is 5.56 Å². The van der Waals surface area contributed by atoms with Crippen molar-refractivity contribution in [2.24, 2.45) is 0 Å². The molecule has 3 aromatic rings. The minimum absolute atomic E-state index is 0.0571. The molecule has 0 spiro atoms. The van der Waals surface area contributed by atoms with Crippen molar-refractivity contribution in [2.75, 3.05) is 18.0 Å². The Labute approximate surface area is 170 Å². The van der Waals surface area contributed by atoms with Crippen molar-refractivity contribution in [3.63, 3.8) is 0 Å². The fourth-order valence-electron chi connectivity index (χ4n) is 3.65. The predicted octanol–water partition coefficient (Wildman–Crippen LogP) is 3.02. The predicted molar refractivity (Wildman–Crippen MR) is 110 cm³/mol. The molecule has 0 radical (unpaired) electrons. The lowest BCUT2D eigenvalue weighted by atomic mass is 10.1. The summed E-state index contributed by atoms with van der Waals surface area (Å²) in [6.07, 6.45) is 5.20. The Balaban J connectivity index is 1.38. The number of hydrogen-bond donors (Lipinski definition) is 1. The third-order valence-corrected chi connectivity index (χ3v) is 5.18. The van der Waals surface area contributed by atoms with E-state index < -0.39 is 0 Å². The lowest BCUT2D eigenvalue weighted by molar-refractivity contribution is -0.123. The summed E-state index contributed by atoms with van der Waals surface area (Å²) in [5.74, 6) is 2.03. The van der Waals surface area contributed by atoms with Crippen LogP contribution in [0.3, 0.4) is 0 Å². The first-order valence-electron chi connectivity index (χ1n) is 10.1. The van der Waals surface area contributed by atoms with Crippen molar-refractivity contribution in [1.29, 1.82) is 0 Å². The summed E-state index contributed by atoms with van der Waals surface area (Å²) in [4.78, 5) is 23.2. The van der Waals surface area contributed by atoms with Crippen LogP contribution in [0.5, 0.6) is 0 Å². The van der Waals surface area contributed by atoms with Crippen LogP contribution in [0, 0.1) is 0 Å².